The Morgan fingerprint density at radius 3 is 2.33 bits per heavy atom. The molecule has 7 heteroatoms. The van der Waals surface area contributed by atoms with Crippen LogP contribution in [0.2, 0.25) is 0 Å². The monoisotopic (exact) mass is 222 g/mol. The summed E-state index contributed by atoms with van der Waals surface area (Å²) < 4.78 is 40.4. The molecule has 0 atom stereocenters. The Balaban J connectivity index is 0.00000196. The third-order valence-corrected chi connectivity index (χ3v) is 1.49. The van der Waals surface area contributed by atoms with Gasteiger partial charge in [-0.1, -0.05) is 0 Å². The first kappa shape index (κ1) is 13.4. The van der Waals surface area contributed by atoms with Gasteiger partial charge >= 0.3 is 12.1 Å². The summed E-state index contributed by atoms with van der Waals surface area (Å²) >= 11 is 0. The van der Waals surface area contributed by atoms with Gasteiger partial charge in [-0.2, -0.15) is 13.2 Å². The van der Waals surface area contributed by atoms with Crippen molar-refractivity contribution in [1.82, 2.24) is 11.1 Å². The van der Waals surface area contributed by atoms with Gasteiger partial charge in [0.25, 0.3) is 0 Å². The molecule has 0 radical (unpaired) electrons. The Kier molecular flexibility index (Phi) is 4.22. The molecule has 4 nitrogen and oxygen atoms in total. The quantitative estimate of drug-likeness (QED) is 0.738. The van der Waals surface area contributed by atoms with Crippen LogP contribution in [-0.4, -0.2) is 18.1 Å². The van der Waals surface area contributed by atoms with Gasteiger partial charge in [-0.25, -0.2) is 9.78 Å². The van der Waals surface area contributed by atoms with Gasteiger partial charge < -0.3 is 10.9 Å². The molecule has 1 aromatic rings. The predicted molar refractivity (Wildman–Crippen MR) is 45.6 cm³/mol. The maximum atomic E-state index is 12.0. The van der Waals surface area contributed by atoms with E-state index in [9.17, 15) is 18.0 Å². The zero-order valence-corrected chi connectivity index (χ0v) is 7.84. The average molecular weight is 222 g/mol. The highest BCUT2D eigenvalue weighted by Gasteiger charge is 2.30. The van der Waals surface area contributed by atoms with Crippen LogP contribution >= 0.6 is 0 Å². The second-order valence-electron chi connectivity index (χ2n) is 2.42. The predicted octanol–water partition coefficient (Wildman–Crippen LogP) is 2.05. The van der Waals surface area contributed by atoms with E-state index in [1.54, 1.807) is 0 Å². The molecule has 0 bridgehead atoms. The van der Waals surface area contributed by atoms with E-state index in [4.69, 9.17) is 0 Å². The summed E-state index contributed by atoms with van der Waals surface area (Å²) in [6.07, 6.45) is -3.85. The van der Waals surface area contributed by atoms with Crippen LogP contribution in [0, 0.1) is 0 Å². The summed E-state index contributed by atoms with van der Waals surface area (Å²) in [5.74, 6) is -0.765. The van der Waals surface area contributed by atoms with Crippen molar-refractivity contribution >= 4 is 5.97 Å². The fourth-order valence-corrected chi connectivity index (χ4v) is 0.787. The number of nitrogens with zero attached hydrogens (tertiary/aromatic N) is 1. The van der Waals surface area contributed by atoms with Crippen molar-refractivity contribution in [3.8, 4) is 0 Å². The number of hydrogen-bond acceptors (Lipinski definition) is 4. The molecule has 3 N–H and O–H groups in total. The van der Waals surface area contributed by atoms with Gasteiger partial charge in [0.05, 0.1) is 12.7 Å². The second-order valence-corrected chi connectivity index (χ2v) is 2.42. The largest absolute Gasteiger partial charge is 0.464 e. The Bertz CT molecular complexity index is 335. The number of aromatic nitrogens is 1. The zero-order valence-electron chi connectivity index (χ0n) is 7.84. The van der Waals surface area contributed by atoms with Crippen LogP contribution < -0.4 is 6.15 Å². The highest BCUT2D eigenvalue weighted by Crippen LogP contribution is 2.28. The lowest BCUT2D eigenvalue weighted by Crippen LogP contribution is -2.08. The smallest absolute Gasteiger partial charge is 0.417 e. The topological polar surface area (TPSA) is 74.2 Å². The molecule has 84 valence electrons. The molecule has 0 aromatic carbocycles. The molecule has 1 aromatic heterocycles. The summed E-state index contributed by atoms with van der Waals surface area (Å²) in [6, 6.07) is 1.74. The van der Waals surface area contributed by atoms with Crippen molar-refractivity contribution in [3.05, 3.63) is 29.6 Å². The molecule has 15 heavy (non-hydrogen) atoms. The van der Waals surface area contributed by atoms with Crippen molar-refractivity contribution in [2.45, 2.75) is 6.18 Å². The summed E-state index contributed by atoms with van der Waals surface area (Å²) in [7, 11) is 1.13. The molecule has 1 heterocycles. The number of carbonyl (C=O) groups excluding carboxylic acids is 1. The fourth-order valence-electron chi connectivity index (χ4n) is 0.787. The van der Waals surface area contributed by atoms with E-state index >= 15 is 0 Å². The molecule has 0 aliphatic heterocycles. The summed E-state index contributed by atoms with van der Waals surface area (Å²) in [6.45, 7) is 0. The molecule has 1 rings (SSSR count). The number of methoxy groups -OCH3 is 1. The van der Waals surface area contributed by atoms with E-state index in [0.29, 0.717) is 6.20 Å². The molecule has 0 saturated carbocycles. The van der Waals surface area contributed by atoms with Crippen LogP contribution in [0.4, 0.5) is 13.2 Å². The highest BCUT2D eigenvalue weighted by atomic mass is 19.4. The molecule has 0 saturated heterocycles. The van der Waals surface area contributed by atoms with Gasteiger partial charge in [0.15, 0.2) is 0 Å². The van der Waals surface area contributed by atoms with E-state index in [-0.39, 0.29) is 11.8 Å². The number of halogens is 3. The lowest BCUT2D eigenvalue weighted by atomic mass is 10.2. The van der Waals surface area contributed by atoms with Gasteiger partial charge in [0, 0.05) is 6.20 Å². The van der Waals surface area contributed by atoms with Crippen molar-refractivity contribution in [2.24, 2.45) is 0 Å². The molecular weight excluding hydrogens is 213 g/mol. The number of pyridine rings is 1. The summed E-state index contributed by atoms with van der Waals surface area (Å²) in [5, 5.41) is 0. The minimum absolute atomic E-state index is 0. The SMILES string of the molecule is COC(=O)c1ccc(C(F)(F)F)cn1.N. The maximum absolute atomic E-state index is 12.0. The molecule has 0 spiro atoms. The third kappa shape index (κ3) is 3.21. The van der Waals surface area contributed by atoms with E-state index in [0.717, 1.165) is 19.2 Å². The van der Waals surface area contributed by atoms with Gasteiger partial charge in [0.2, 0.25) is 0 Å². The number of esters is 1. The molecule has 0 aliphatic carbocycles. The lowest BCUT2D eigenvalue weighted by Gasteiger charge is -2.05. The van der Waals surface area contributed by atoms with E-state index in [1.807, 2.05) is 0 Å². The molecule has 0 amide bonds. The average Bonchev–Trinajstić information content (AvgIpc) is 2.15. The molecule has 0 unspecified atom stereocenters. The van der Waals surface area contributed by atoms with Gasteiger partial charge in [-0.05, 0) is 12.1 Å². The normalized spacial score (nSPS) is 10.4. The number of alkyl halides is 3. The first-order valence-electron chi connectivity index (χ1n) is 3.56. The Morgan fingerprint density at radius 2 is 2.00 bits per heavy atom. The molecule has 0 aliphatic rings. The standard InChI is InChI=1S/C8H6F3NO2.H3N/c1-14-7(13)6-3-2-5(4-12-6)8(9,10)11;/h2-4H,1H3;1H3. The second kappa shape index (κ2) is 4.74. The minimum atomic E-state index is -4.44. The van der Waals surface area contributed by atoms with Crippen LogP contribution in [0.1, 0.15) is 16.1 Å². The Labute approximate surface area is 83.7 Å². The summed E-state index contributed by atoms with van der Waals surface area (Å²) in [4.78, 5) is 14.1. The van der Waals surface area contributed by atoms with E-state index in [1.165, 1.54) is 0 Å². The van der Waals surface area contributed by atoms with Crippen molar-refractivity contribution in [1.29, 1.82) is 0 Å². The third-order valence-electron chi connectivity index (χ3n) is 1.49. The Morgan fingerprint density at radius 1 is 1.40 bits per heavy atom. The highest BCUT2D eigenvalue weighted by molar-refractivity contribution is 5.86. The maximum Gasteiger partial charge on any atom is 0.417 e. The van der Waals surface area contributed by atoms with Crippen LogP contribution in [0.5, 0.6) is 0 Å². The van der Waals surface area contributed by atoms with Crippen LogP contribution in [0.25, 0.3) is 0 Å². The van der Waals surface area contributed by atoms with E-state index in [2.05, 4.69) is 9.72 Å². The van der Waals surface area contributed by atoms with Crippen molar-refractivity contribution < 1.29 is 22.7 Å². The zero-order chi connectivity index (χ0) is 10.8. The van der Waals surface area contributed by atoms with Crippen molar-refractivity contribution in [2.75, 3.05) is 7.11 Å². The number of rotatable bonds is 1. The Hall–Kier alpha value is -1.63. The van der Waals surface area contributed by atoms with Crippen LogP contribution in [0.15, 0.2) is 18.3 Å². The van der Waals surface area contributed by atoms with Gasteiger partial charge in [-0.15, -0.1) is 0 Å². The fraction of sp³-hybridized carbons (Fsp3) is 0.250. The number of hydrogen-bond donors (Lipinski definition) is 1. The van der Waals surface area contributed by atoms with E-state index < -0.39 is 17.7 Å². The van der Waals surface area contributed by atoms with Crippen molar-refractivity contribution in [3.63, 3.8) is 0 Å². The van der Waals surface area contributed by atoms with Gasteiger partial charge in [0.1, 0.15) is 5.69 Å². The number of ether oxygens (including phenoxy) is 1. The molecular formula is C8H9F3N2O2. The van der Waals surface area contributed by atoms with Crippen LogP contribution in [0.3, 0.4) is 0 Å². The van der Waals surface area contributed by atoms with Crippen LogP contribution in [-0.2, 0) is 10.9 Å². The first-order chi connectivity index (χ1) is 6.45. The first-order valence-corrected chi connectivity index (χ1v) is 3.56. The molecule has 0 fully saturated rings. The number of carbonyl (C=O) groups is 1. The summed E-state index contributed by atoms with van der Waals surface area (Å²) in [5.41, 5.74) is -1.05. The lowest BCUT2D eigenvalue weighted by molar-refractivity contribution is -0.137. The van der Waals surface area contributed by atoms with Gasteiger partial charge in [-0.3, -0.25) is 0 Å². The minimum Gasteiger partial charge on any atom is -0.464 e.